The van der Waals surface area contributed by atoms with Gasteiger partial charge in [0.2, 0.25) is 0 Å². The Kier molecular flexibility index (Phi) is 3.89. The monoisotopic (exact) mass is 226 g/mol. The Balaban J connectivity index is 2.25. The molecule has 0 aliphatic carbocycles. The first-order valence-corrected chi connectivity index (χ1v) is 5.95. The van der Waals surface area contributed by atoms with Crippen molar-refractivity contribution in [3.8, 4) is 0 Å². The molecule has 2 unspecified atom stereocenters. The van der Waals surface area contributed by atoms with Gasteiger partial charge in [0.15, 0.2) is 0 Å². The van der Waals surface area contributed by atoms with Gasteiger partial charge < -0.3 is 5.32 Å². The number of aromatic nitrogens is 1. The maximum absolute atomic E-state index is 4.19. The molecule has 2 heteroatoms. The van der Waals surface area contributed by atoms with Gasteiger partial charge in [0.25, 0.3) is 0 Å². The minimum absolute atomic E-state index is 0.297. The summed E-state index contributed by atoms with van der Waals surface area (Å²) in [6.45, 7) is 2.24. The number of likely N-dealkylation sites (N-methyl/N-ethyl adjacent to an activating group) is 1. The van der Waals surface area contributed by atoms with E-state index in [1.165, 1.54) is 11.1 Å². The normalized spacial score (nSPS) is 14.2. The lowest BCUT2D eigenvalue weighted by Gasteiger charge is -2.24. The van der Waals surface area contributed by atoms with E-state index in [0.29, 0.717) is 12.0 Å². The molecule has 2 atom stereocenters. The maximum Gasteiger partial charge on any atom is 0.0399 e. The first-order valence-electron chi connectivity index (χ1n) is 5.95. The van der Waals surface area contributed by atoms with Gasteiger partial charge in [-0.2, -0.15) is 0 Å². The molecule has 88 valence electrons. The molecule has 0 amide bonds. The van der Waals surface area contributed by atoms with Crippen LogP contribution in [0.1, 0.15) is 30.0 Å². The van der Waals surface area contributed by atoms with E-state index in [9.17, 15) is 0 Å². The van der Waals surface area contributed by atoms with Crippen LogP contribution in [0.5, 0.6) is 0 Å². The third-order valence-electron chi connectivity index (χ3n) is 3.18. The second-order valence-electron chi connectivity index (χ2n) is 4.25. The highest BCUT2D eigenvalue weighted by molar-refractivity contribution is 5.25. The van der Waals surface area contributed by atoms with Gasteiger partial charge in [-0.15, -0.1) is 0 Å². The summed E-state index contributed by atoms with van der Waals surface area (Å²) < 4.78 is 0. The van der Waals surface area contributed by atoms with Crippen molar-refractivity contribution >= 4 is 0 Å². The zero-order valence-corrected chi connectivity index (χ0v) is 10.3. The molecule has 2 nitrogen and oxygen atoms in total. The molecule has 1 aromatic heterocycles. The van der Waals surface area contributed by atoms with E-state index in [1.807, 2.05) is 25.5 Å². The fourth-order valence-electron chi connectivity index (χ4n) is 2.21. The fraction of sp³-hybridized carbons (Fsp3) is 0.267. The molecule has 1 aromatic carbocycles. The smallest absolute Gasteiger partial charge is 0.0399 e. The highest BCUT2D eigenvalue weighted by atomic mass is 14.9. The highest BCUT2D eigenvalue weighted by Crippen LogP contribution is 2.29. The Bertz CT molecular complexity index is 439. The fourth-order valence-corrected chi connectivity index (χ4v) is 2.21. The molecule has 2 aromatic rings. The van der Waals surface area contributed by atoms with Crippen molar-refractivity contribution in [1.29, 1.82) is 0 Å². The molecule has 0 saturated carbocycles. The Labute approximate surface area is 103 Å². The number of hydrogen-bond donors (Lipinski definition) is 1. The summed E-state index contributed by atoms with van der Waals surface area (Å²) in [4.78, 5) is 4.19. The number of benzene rings is 1. The van der Waals surface area contributed by atoms with Crippen LogP contribution in [-0.2, 0) is 0 Å². The van der Waals surface area contributed by atoms with Crippen LogP contribution in [0.25, 0.3) is 0 Å². The third-order valence-corrected chi connectivity index (χ3v) is 3.18. The number of nitrogens with zero attached hydrogens (tertiary/aromatic N) is 1. The van der Waals surface area contributed by atoms with Crippen LogP contribution in [0, 0.1) is 0 Å². The second-order valence-corrected chi connectivity index (χ2v) is 4.25. The topological polar surface area (TPSA) is 24.9 Å². The first-order chi connectivity index (χ1) is 8.33. The van der Waals surface area contributed by atoms with Crippen LogP contribution in [-0.4, -0.2) is 12.0 Å². The Hall–Kier alpha value is -1.67. The molecule has 0 aliphatic heterocycles. The average Bonchev–Trinajstić information content (AvgIpc) is 2.42. The second kappa shape index (κ2) is 5.60. The predicted octanol–water partition coefficient (Wildman–Crippen LogP) is 3.15. The lowest BCUT2D eigenvalue weighted by atomic mass is 9.89. The Morgan fingerprint density at radius 2 is 1.71 bits per heavy atom. The van der Waals surface area contributed by atoms with E-state index in [-0.39, 0.29) is 0 Å². The number of rotatable bonds is 4. The van der Waals surface area contributed by atoms with Gasteiger partial charge >= 0.3 is 0 Å². The molecule has 2 rings (SSSR count). The standard InChI is InChI=1S/C15H18N2/c1-12(13-7-4-3-5-8-13)15(16-2)14-9-6-10-17-11-14/h3-12,15-16H,1-2H3. The van der Waals surface area contributed by atoms with Crippen molar-refractivity contribution in [2.24, 2.45) is 0 Å². The van der Waals surface area contributed by atoms with Gasteiger partial charge in [-0.1, -0.05) is 43.3 Å². The Morgan fingerprint density at radius 3 is 2.29 bits per heavy atom. The van der Waals surface area contributed by atoms with Gasteiger partial charge in [0, 0.05) is 24.4 Å². The average molecular weight is 226 g/mol. The van der Waals surface area contributed by atoms with Crippen molar-refractivity contribution in [3.63, 3.8) is 0 Å². The molecule has 0 spiro atoms. The zero-order chi connectivity index (χ0) is 12.1. The van der Waals surface area contributed by atoms with E-state index in [4.69, 9.17) is 0 Å². The zero-order valence-electron chi connectivity index (χ0n) is 10.3. The summed E-state index contributed by atoms with van der Waals surface area (Å²) in [6.07, 6.45) is 3.74. The van der Waals surface area contributed by atoms with Gasteiger partial charge in [-0.05, 0) is 24.2 Å². The van der Waals surface area contributed by atoms with Crippen molar-refractivity contribution < 1.29 is 0 Å². The van der Waals surface area contributed by atoms with Gasteiger partial charge in [0.1, 0.15) is 0 Å². The van der Waals surface area contributed by atoms with Crippen LogP contribution in [0.2, 0.25) is 0 Å². The highest BCUT2D eigenvalue weighted by Gasteiger charge is 2.18. The molecule has 0 saturated heterocycles. The summed E-state index contributed by atoms with van der Waals surface area (Å²) in [5.41, 5.74) is 2.57. The molecule has 1 N–H and O–H groups in total. The molecule has 17 heavy (non-hydrogen) atoms. The van der Waals surface area contributed by atoms with E-state index in [0.717, 1.165) is 0 Å². The van der Waals surface area contributed by atoms with Crippen LogP contribution < -0.4 is 5.32 Å². The van der Waals surface area contributed by atoms with Crippen LogP contribution >= 0.6 is 0 Å². The van der Waals surface area contributed by atoms with Crippen LogP contribution in [0.3, 0.4) is 0 Å². The SMILES string of the molecule is CNC(c1cccnc1)C(C)c1ccccc1. The Morgan fingerprint density at radius 1 is 1.00 bits per heavy atom. The van der Waals surface area contributed by atoms with Crippen molar-refractivity contribution in [2.45, 2.75) is 18.9 Å². The summed E-state index contributed by atoms with van der Waals surface area (Å²) in [7, 11) is 2.00. The minimum atomic E-state index is 0.297. The molecule has 0 bridgehead atoms. The van der Waals surface area contributed by atoms with Crippen molar-refractivity contribution in [3.05, 3.63) is 66.0 Å². The summed E-state index contributed by atoms with van der Waals surface area (Å²) >= 11 is 0. The lowest BCUT2D eigenvalue weighted by Crippen LogP contribution is -2.22. The summed E-state index contributed by atoms with van der Waals surface area (Å²) in [5.74, 6) is 0.422. The van der Waals surface area contributed by atoms with E-state index in [1.54, 1.807) is 0 Å². The largest absolute Gasteiger partial charge is 0.312 e. The van der Waals surface area contributed by atoms with E-state index < -0.39 is 0 Å². The van der Waals surface area contributed by atoms with Gasteiger partial charge in [0.05, 0.1) is 0 Å². The molecule has 0 radical (unpaired) electrons. The molecular weight excluding hydrogens is 208 g/mol. The van der Waals surface area contributed by atoms with Crippen molar-refractivity contribution in [1.82, 2.24) is 10.3 Å². The summed E-state index contributed by atoms with van der Waals surface area (Å²) in [5, 5.41) is 3.38. The molecule has 1 heterocycles. The quantitative estimate of drug-likeness (QED) is 0.866. The molecule has 0 aliphatic rings. The minimum Gasteiger partial charge on any atom is -0.312 e. The number of pyridine rings is 1. The summed E-state index contributed by atoms with van der Waals surface area (Å²) in [6, 6.07) is 15.0. The number of hydrogen-bond acceptors (Lipinski definition) is 2. The van der Waals surface area contributed by atoms with E-state index in [2.05, 4.69) is 53.6 Å². The van der Waals surface area contributed by atoms with Gasteiger partial charge in [-0.25, -0.2) is 0 Å². The predicted molar refractivity (Wildman–Crippen MR) is 70.9 cm³/mol. The van der Waals surface area contributed by atoms with E-state index >= 15 is 0 Å². The van der Waals surface area contributed by atoms with Crippen LogP contribution in [0.4, 0.5) is 0 Å². The molecule has 0 fully saturated rings. The van der Waals surface area contributed by atoms with Crippen LogP contribution in [0.15, 0.2) is 54.9 Å². The van der Waals surface area contributed by atoms with Crippen molar-refractivity contribution in [2.75, 3.05) is 7.05 Å². The number of nitrogens with one attached hydrogen (secondary N) is 1. The lowest BCUT2D eigenvalue weighted by molar-refractivity contribution is 0.506. The maximum atomic E-state index is 4.19. The first kappa shape index (κ1) is 11.8. The molecular formula is C15H18N2. The van der Waals surface area contributed by atoms with Gasteiger partial charge in [-0.3, -0.25) is 4.98 Å². The third kappa shape index (κ3) is 2.71.